The number of benzene rings is 1. The summed E-state index contributed by atoms with van der Waals surface area (Å²) in [7, 11) is 0. The van der Waals surface area contributed by atoms with Crippen LogP contribution >= 0.6 is 0 Å². The van der Waals surface area contributed by atoms with Crippen LogP contribution in [-0.4, -0.2) is 31.8 Å². The first-order valence-corrected chi connectivity index (χ1v) is 7.27. The van der Waals surface area contributed by atoms with E-state index in [0.717, 1.165) is 24.3 Å². The van der Waals surface area contributed by atoms with Crippen LogP contribution in [0, 0.1) is 5.92 Å². The molecule has 2 rings (SSSR count). The summed E-state index contributed by atoms with van der Waals surface area (Å²) in [6.07, 6.45) is 1.10. The van der Waals surface area contributed by atoms with Gasteiger partial charge in [0.25, 0.3) is 5.91 Å². The van der Waals surface area contributed by atoms with Gasteiger partial charge in [-0.2, -0.15) is 0 Å². The smallest absolute Gasteiger partial charge is 0.261 e. The van der Waals surface area contributed by atoms with Gasteiger partial charge in [0.05, 0.1) is 0 Å². The topological polar surface area (TPSA) is 47.6 Å². The van der Waals surface area contributed by atoms with Gasteiger partial charge >= 0.3 is 0 Å². The number of amides is 1. The summed E-state index contributed by atoms with van der Waals surface area (Å²) in [5, 5.41) is 2.90. The zero-order chi connectivity index (χ0) is 14.4. The van der Waals surface area contributed by atoms with Crippen molar-refractivity contribution in [1.82, 2.24) is 5.32 Å². The SMILES string of the molecule is CC(C)COCCCNC(=O)C1Cc2ccccc2O1. The minimum atomic E-state index is -0.385. The van der Waals surface area contributed by atoms with Gasteiger partial charge in [0.1, 0.15) is 5.75 Å². The third kappa shape index (κ3) is 4.23. The third-order valence-corrected chi connectivity index (χ3v) is 3.16. The number of para-hydroxylation sites is 1. The van der Waals surface area contributed by atoms with Crippen molar-refractivity contribution in [2.75, 3.05) is 19.8 Å². The highest BCUT2D eigenvalue weighted by Crippen LogP contribution is 2.27. The molecular weight excluding hydrogens is 254 g/mol. The van der Waals surface area contributed by atoms with Crippen LogP contribution in [0.15, 0.2) is 24.3 Å². The number of carbonyl (C=O) groups is 1. The fourth-order valence-corrected chi connectivity index (χ4v) is 2.15. The molecular formula is C16H23NO3. The molecule has 0 aromatic heterocycles. The molecule has 1 heterocycles. The van der Waals surface area contributed by atoms with Crippen molar-refractivity contribution in [2.45, 2.75) is 32.8 Å². The molecule has 1 aromatic carbocycles. The van der Waals surface area contributed by atoms with E-state index in [0.29, 0.717) is 25.5 Å². The van der Waals surface area contributed by atoms with Gasteiger partial charge in [-0.1, -0.05) is 32.0 Å². The number of carbonyl (C=O) groups excluding carboxylic acids is 1. The first-order chi connectivity index (χ1) is 9.66. The molecule has 1 aliphatic heterocycles. The third-order valence-electron chi connectivity index (χ3n) is 3.16. The quantitative estimate of drug-likeness (QED) is 0.777. The largest absolute Gasteiger partial charge is 0.480 e. The second-order valence-corrected chi connectivity index (χ2v) is 5.53. The fraction of sp³-hybridized carbons (Fsp3) is 0.562. The summed E-state index contributed by atoms with van der Waals surface area (Å²) in [6, 6.07) is 7.80. The number of nitrogens with one attached hydrogen (secondary N) is 1. The first-order valence-electron chi connectivity index (χ1n) is 7.27. The lowest BCUT2D eigenvalue weighted by atomic mass is 10.1. The molecule has 20 heavy (non-hydrogen) atoms. The highest BCUT2D eigenvalue weighted by Gasteiger charge is 2.28. The Kier molecular flexibility index (Phi) is 5.41. The van der Waals surface area contributed by atoms with Crippen LogP contribution in [0.3, 0.4) is 0 Å². The van der Waals surface area contributed by atoms with E-state index >= 15 is 0 Å². The van der Waals surface area contributed by atoms with Crippen LogP contribution in [0.5, 0.6) is 5.75 Å². The van der Waals surface area contributed by atoms with Gasteiger partial charge in [-0.05, 0) is 24.0 Å². The number of fused-ring (bicyclic) bond motifs is 1. The fourth-order valence-electron chi connectivity index (χ4n) is 2.15. The Hall–Kier alpha value is -1.55. The van der Waals surface area contributed by atoms with Crippen LogP contribution in [0.25, 0.3) is 0 Å². The van der Waals surface area contributed by atoms with Crippen LogP contribution < -0.4 is 10.1 Å². The molecule has 1 amide bonds. The Morgan fingerprint density at radius 3 is 3.00 bits per heavy atom. The molecule has 110 valence electrons. The summed E-state index contributed by atoms with van der Waals surface area (Å²) in [6.45, 7) is 6.33. The van der Waals surface area contributed by atoms with Gasteiger partial charge < -0.3 is 14.8 Å². The van der Waals surface area contributed by atoms with Crippen LogP contribution in [0.4, 0.5) is 0 Å². The predicted molar refractivity (Wildman–Crippen MR) is 77.8 cm³/mol. The number of hydrogen-bond acceptors (Lipinski definition) is 3. The molecule has 1 unspecified atom stereocenters. The highest BCUT2D eigenvalue weighted by molar-refractivity contribution is 5.82. The van der Waals surface area contributed by atoms with Crippen molar-refractivity contribution in [3.8, 4) is 5.75 Å². The van der Waals surface area contributed by atoms with Gasteiger partial charge in [-0.25, -0.2) is 0 Å². The second kappa shape index (κ2) is 7.29. The lowest BCUT2D eigenvalue weighted by Gasteiger charge is -2.11. The number of rotatable bonds is 7. The van der Waals surface area contributed by atoms with Crippen molar-refractivity contribution < 1.29 is 14.3 Å². The van der Waals surface area contributed by atoms with Crippen molar-refractivity contribution in [3.63, 3.8) is 0 Å². The van der Waals surface area contributed by atoms with Crippen molar-refractivity contribution in [2.24, 2.45) is 5.92 Å². The molecule has 1 atom stereocenters. The Balaban J connectivity index is 1.62. The molecule has 4 nitrogen and oxygen atoms in total. The van der Waals surface area contributed by atoms with E-state index in [9.17, 15) is 4.79 Å². The Morgan fingerprint density at radius 2 is 2.25 bits per heavy atom. The maximum atomic E-state index is 12.0. The van der Waals surface area contributed by atoms with Crippen molar-refractivity contribution in [1.29, 1.82) is 0 Å². The van der Waals surface area contributed by atoms with Gasteiger partial charge in [0.15, 0.2) is 6.10 Å². The average molecular weight is 277 g/mol. The van der Waals surface area contributed by atoms with E-state index in [4.69, 9.17) is 9.47 Å². The number of hydrogen-bond donors (Lipinski definition) is 1. The number of ether oxygens (including phenoxy) is 2. The van der Waals surface area contributed by atoms with Crippen LogP contribution in [0.2, 0.25) is 0 Å². The van der Waals surface area contributed by atoms with Crippen molar-refractivity contribution >= 4 is 5.91 Å². The van der Waals surface area contributed by atoms with E-state index in [1.54, 1.807) is 0 Å². The summed E-state index contributed by atoms with van der Waals surface area (Å²) >= 11 is 0. The minimum absolute atomic E-state index is 0.0370. The zero-order valence-corrected chi connectivity index (χ0v) is 12.2. The molecule has 1 N–H and O–H groups in total. The summed E-state index contributed by atoms with van der Waals surface area (Å²) in [4.78, 5) is 12.0. The lowest BCUT2D eigenvalue weighted by molar-refractivity contribution is -0.127. The molecule has 0 saturated heterocycles. The van der Waals surface area contributed by atoms with Gasteiger partial charge in [0, 0.05) is 26.2 Å². The summed E-state index contributed by atoms with van der Waals surface area (Å²) in [5.74, 6) is 1.34. The van der Waals surface area contributed by atoms with E-state index in [1.807, 2.05) is 24.3 Å². The molecule has 1 aliphatic rings. The van der Waals surface area contributed by atoms with Gasteiger partial charge in [0.2, 0.25) is 0 Å². The lowest BCUT2D eigenvalue weighted by Crippen LogP contribution is -2.38. The summed E-state index contributed by atoms with van der Waals surface area (Å²) in [5.41, 5.74) is 1.10. The normalized spacial score (nSPS) is 16.9. The highest BCUT2D eigenvalue weighted by atomic mass is 16.5. The molecule has 0 spiro atoms. The Bertz CT molecular complexity index is 420. The van der Waals surface area contributed by atoms with E-state index in [-0.39, 0.29) is 12.0 Å². The molecule has 0 radical (unpaired) electrons. The standard InChI is InChI=1S/C16H23NO3/c1-12(2)11-19-9-5-8-17-16(18)15-10-13-6-3-4-7-14(13)20-15/h3-4,6-7,12,15H,5,8-11H2,1-2H3,(H,17,18). The Morgan fingerprint density at radius 1 is 1.45 bits per heavy atom. The maximum Gasteiger partial charge on any atom is 0.261 e. The van der Waals surface area contributed by atoms with E-state index < -0.39 is 0 Å². The van der Waals surface area contributed by atoms with E-state index in [2.05, 4.69) is 19.2 Å². The van der Waals surface area contributed by atoms with Crippen LogP contribution in [0.1, 0.15) is 25.8 Å². The zero-order valence-electron chi connectivity index (χ0n) is 12.2. The summed E-state index contributed by atoms with van der Waals surface area (Å²) < 4.78 is 11.1. The maximum absolute atomic E-state index is 12.0. The molecule has 0 bridgehead atoms. The van der Waals surface area contributed by atoms with Gasteiger partial charge in [-0.3, -0.25) is 4.79 Å². The predicted octanol–water partition coefficient (Wildman–Crippen LogP) is 2.17. The molecule has 1 aromatic rings. The molecule has 4 heteroatoms. The van der Waals surface area contributed by atoms with Crippen molar-refractivity contribution in [3.05, 3.63) is 29.8 Å². The minimum Gasteiger partial charge on any atom is -0.480 e. The molecule has 0 fully saturated rings. The molecule has 0 aliphatic carbocycles. The van der Waals surface area contributed by atoms with E-state index in [1.165, 1.54) is 0 Å². The monoisotopic (exact) mass is 277 g/mol. The molecule has 0 saturated carbocycles. The second-order valence-electron chi connectivity index (χ2n) is 5.53. The van der Waals surface area contributed by atoms with Gasteiger partial charge in [-0.15, -0.1) is 0 Å². The Labute approximate surface area is 120 Å². The average Bonchev–Trinajstić information content (AvgIpc) is 2.86. The first kappa shape index (κ1) is 14.9. The van der Waals surface area contributed by atoms with Crippen LogP contribution in [-0.2, 0) is 16.0 Å².